The summed E-state index contributed by atoms with van der Waals surface area (Å²) in [5, 5.41) is 10.4. The average Bonchev–Trinajstić information content (AvgIpc) is 2.16. The van der Waals surface area contributed by atoms with Gasteiger partial charge in [0.1, 0.15) is 5.56 Å². The first kappa shape index (κ1) is 11.8. The number of aromatic amines is 1. The molecule has 0 aromatic carbocycles. The predicted octanol–water partition coefficient (Wildman–Crippen LogP) is 2.12. The first-order valence-corrected chi connectivity index (χ1v) is 4.84. The van der Waals surface area contributed by atoms with Gasteiger partial charge in [0.05, 0.1) is 10.6 Å². The highest BCUT2D eigenvalue weighted by Crippen LogP contribution is 2.23. The molecule has 0 radical (unpaired) electrons. The van der Waals surface area contributed by atoms with Crippen LogP contribution >= 0.6 is 15.9 Å². The van der Waals surface area contributed by atoms with Gasteiger partial charge in [0.2, 0.25) is 0 Å². The van der Waals surface area contributed by atoms with Crippen LogP contribution in [0.1, 0.15) is 17.7 Å². The monoisotopic (exact) mass is 282 g/mol. The number of rotatable bonds is 3. The normalized spacial score (nSPS) is 10.7. The minimum Gasteiger partial charge on any atom is -0.320 e. The van der Waals surface area contributed by atoms with Crippen molar-refractivity contribution in [3.8, 4) is 0 Å². The van der Waals surface area contributed by atoms with Crippen molar-refractivity contribution in [3.05, 3.63) is 37.8 Å². The fraction of sp³-hybridized carbons (Fsp3) is 0.286. The maximum atomic E-state index is 12.2. The third kappa shape index (κ3) is 2.38. The number of halogens is 3. The van der Waals surface area contributed by atoms with Crippen LogP contribution in [0.5, 0.6) is 0 Å². The Balaban J connectivity index is 3.46. The molecule has 8 heteroatoms. The first-order chi connectivity index (χ1) is 6.97. The molecule has 1 N–H and O–H groups in total. The molecule has 0 saturated heterocycles. The van der Waals surface area contributed by atoms with E-state index < -0.39 is 28.3 Å². The zero-order valence-corrected chi connectivity index (χ0v) is 8.75. The number of nitrogens with zero attached hydrogens (tertiary/aromatic N) is 1. The van der Waals surface area contributed by atoms with Crippen LogP contribution in [0.15, 0.2) is 10.9 Å². The van der Waals surface area contributed by atoms with Crippen LogP contribution in [-0.4, -0.2) is 9.91 Å². The van der Waals surface area contributed by atoms with E-state index in [0.717, 1.165) is 0 Å². The van der Waals surface area contributed by atoms with Gasteiger partial charge in [-0.25, -0.2) is 8.78 Å². The van der Waals surface area contributed by atoms with E-state index >= 15 is 0 Å². The molecular formula is C7H5BrF2N2O3. The highest BCUT2D eigenvalue weighted by molar-refractivity contribution is 9.08. The van der Waals surface area contributed by atoms with E-state index in [4.69, 9.17) is 0 Å². The van der Waals surface area contributed by atoms with Crippen LogP contribution < -0.4 is 5.56 Å². The van der Waals surface area contributed by atoms with Crippen molar-refractivity contribution in [1.29, 1.82) is 0 Å². The minimum atomic E-state index is -2.94. The lowest BCUT2D eigenvalue weighted by Crippen LogP contribution is -2.16. The zero-order valence-electron chi connectivity index (χ0n) is 7.17. The summed E-state index contributed by atoms with van der Waals surface area (Å²) in [5.74, 6) is 0. The van der Waals surface area contributed by atoms with Crippen LogP contribution in [0.4, 0.5) is 14.5 Å². The third-order valence-corrected chi connectivity index (χ3v) is 2.26. The Labute approximate surface area is 90.4 Å². The topological polar surface area (TPSA) is 76.0 Å². The summed E-state index contributed by atoms with van der Waals surface area (Å²) in [6.45, 7) is 0. The molecule has 0 atom stereocenters. The molecule has 0 fully saturated rings. The maximum absolute atomic E-state index is 12.2. The Morgan fingerprint density at radius 1 is 1.60 bits per heavy atom. The predicted molar refractivity (Wildman–Crippen MR) is 51.3 cm³/mol. The fourth-order valence-corrected chi connectivity index (χ4v) is 1.54. The van der Waals surface area contributed by atoms with E-state index in [1.54, 1.807) is 0 Å². The van der Waals surface area contributed by atoms with Gasteiger partial charge in [-0.3, -0.25) is 14.9 Å². The van der Waals surface area contributed by atoms with E-state index in [1.807, 2.05) is 4.98 Å². The molecule has 0 spiro atoms. The summed E-state index contributed by atoms with van der Waals surface area (Å²) in [5.41, 5.74) is -2.41. The smallest absolute Gasteiger partial charge is 0.280 e. The summed E-state index contributed by atoms with van der Waals surface area (Å²) in [7, 11) is 0. The van der Waals surface area contributed by atoms with Crippen molar-refractivity contribution in [2.45, 2.75) is 11.8 Å². The Morgan fingerprint density at radius 3 is 2.60 bits per heavy atom. The second kappa shape index (κ2) is 4.47. The van der Waals surface area contributed by atoms with Crippen LogP contribution in [0.3, 0.4) is 0 Å². The van der Waals surface area contributed by atoms with Crippen molar-refractivity contribution >= 4 is 21.6 Å². The summed E-state index contributed by atoms with van der Waals surface area (Å²) in [6.07, 6.45) is -2.94. The lowest BCUT2D eigenvalue weighted by atomic mass is 10.2. The molecule has 0 bridgehead atoms. The molecule has 82 valence electrons. The van der Waals surface area contributed by atoms with Gasteiger partial charge in [0, 0.05) is 11.4 Å². The largest absolute Gasteiger partial charge is 0.320 e. The van der Waals surface area contributed by atoms with Gasteiger partial charge in [-0.2, -0.15) is 0 Å². The number of aromatic nitrogens is 1. The van der Waals surface area contributed by atoms with Gasteiger partial charge in [-0.15, -0.1) is 0 Å². The lowest BCUT2D eigenvalue weighted by molar-refractivity contribution is -0.385. The minimum absolute atomic E-state index is 0.0673. The van der Waals surface area contributed by atoms with Crippen LogP contribution in [0, 0.1) is 10.1 Å². The van der Waals surface area contributed by atoms with E-state index in [9.17, 15) is 23.7 Å². The van der Waals surface area contributed by atoms with Crippen molar-refractivity contribution < 1.29 is 13.7 Å². The first-order valence-electron chi connectivity index (χ1n) is 3.72. The SMILES string of the molecule is O=c1[nH]c(C(F)F)cc([N+](=O)[O-])c1CBr. The highest BCUT2D eigenvalue weighted by atomic mass is 79.9. The number of hydrogen-bond donors (Lipinski definition) is 1. The molecule has 1 heterocycles. The molecular weight excluding hydrogens is 278 g/mol. The Kier molecular flexibility index (Phi) is 3.51. The van der Waals surface area contributed by atoms with E-state index in [2.05, 4.69) is 15.9 Å². The molecule has 5 nitrogen and oxygen atoms in total. The van der Waals surface area contributed by atoms with Crippen molar-refractivity contribution in [2.24, 2.45) is 0 Å². The Hall–Kier alpha value is -1.31. The van der Waals surface area contributed by atoms with E-state index in [1.165, 1.54) is 0 Å². The molecule has 1 aromatic heterocycles. The van der Waals surface area contributed by atoms with Crippen molar-refractivity contribution in [3.63, 3.8) is 0 Å². The molecule has 0 amide bonds. The van der Waals surface area contributed by atoms with E-state index in [-0.39, 0.29) is 10.9 Å². The number of nitro groups is 1. The quantitative estimate of drug-likeness (QED) is 0.524. The molecule has 1 aromatic rings. The fourth-order valence-electron chi connectivity index (χ4n) is 1.00. The standard InChI is InChI=1S/C7H5BrF2N2O3/c8-2-3-5(12(14)15)1-4(6(9)10)11-7(3)13/h1,6H,2H2,(H,11,13). The number of nitrogens with one attached hydrogen (secondary N) is 1. The Morgan fingerprint density at radius 2 is 2.20 bits per heavy atom. The molecule has 0 aliphatic rings. The van der Waals surface area contributed by atoms with Gasteiger partial charge >= 0.3 is 0 Å². The van der Waals surface area contributed by atoms with Gasteiger partial charge in [0.15, 0.2) is 0 Å². The summed E-state index contributed by atoms with van der Waals surface area (Å²) < 4.78 is 24.4. The molecule has 0 aliphatic heterocycles. The molecule has 15 heavy (non-hydrogen) atoms. The number of pyridine rings is 1. The molecule has 0 unspecified atom stereocenters. The van der Waals surface area contributed by atoms with Crippen LogP contribution in [0.25, 0.3) is 0 Å². The zero-order chi connectivity index (χ0) is 11.6. The summed E-state index contributed by atoms with van der Waals surface area (Å²) in [4.78, 5) is 22.7. The molecule has 0 aliphatic carbocycles. The number of alkyl halides is 3. The maximum Gasteiger partial charge on any atom is 0.280 e. The summed E-state index contributed by atoms with van der Waals surface area (Å²) >= 11 is 2.88. The van der Waals surface area contributed by atoms with Crippen LogP contribution in [-0.2, 0) is 5.33 Å². The average molecular weight is 283 g/mol. The second-order valence-electron chi connectivity index (χ2n) is 2.61. The lowest BCUT2D eigenvalue weighted by Gasteiger charge is -2.02. The van der Waals surface area contributed by atoms with Crippen LogP contribution in [0.2, 0.25) is 0 Å². The number of H-pyrrole nitrogens is 1. The van der Waals surface area contributed by atoms with Gasteiger partial charge in [-0.1, -0.05) is 15.9 Å². The Bertz CT molecular complexity index is 446. The number of hydrogen-bond acceptors (Lipinski definition) is 3. The van der Waals surface area contributed by atoms with Crippen molar-refractivity contribution in [1.82, 2.24) is 4.98 Å². The van der Waals surface area contributed by atoms with Gasteiger partial charge in [0.25, 0.3) is 17.7 Å². The highest BCUT2D eigenvalue weighted by Gasteiger charge is 2.21. The van der Waals surface area contributed by atoms with E-state index in [0.29, 0.717) is 6.07 Å². The van der Waals surface area contributed by atoms with Gasteiger partial charge in [-0.05, 0) is 0 Å². The third-order valence-electron chi connectivity index (χ3n) is 1.70. The van der Waals surface area contributed by atoms with Crippen molar-refractivity contribution in [2.75, 3.05) is 0 Å². The second-order valence-corrected chi connectivity index (χ2v) is 3.17. The molecule has 1 rings (SSSR count). The van der Waals surface area contributed by atoms with Gasteiger partial charge < -0.3 is 4.98 Å². The molecule has 0 saturated carbocycles. The summed E-state index contributed by atoms with van der Waals surface area (Å²) in [6, 6.07) is 0.669.